The Labute approximate surface area is 198 Å². The molecule has 9 heteroatoms. The highest BCUT2D eigenvalue weighted by atomic mass is 32.2. The fourth-order valence-corrected chi connectivity index (χ4v) is 4.30. The molecule has 1 heterocycles. The predicted octanol–water partition coefficient (Wildman–Crippen LogP) is 2.35. The van der Waals surface area contributed by atoms with Gasteiger partial charge in [0.2, 0.25) is 0 Å². The highest BCUT2D eigenvalue weighted by molar-refractivity contribution is 7.84. The lowest BCUT2D eigenvalue weighted by Crippen LogP contribution is -2.12. The fourth-order valence-electron chi connectivity index (χ4n) is 3.78. The van der Waals surface area contributed by atoms with E-state index < -0.39 is 16.4 Å². The molecule has 0 amide bonds. The van der Waals surface area contributed by atoms with Gasteiger partial charge in [-0.25, -0.2) is 4.98 Å². The maximum atomic E-state index is 12.9. The maximum Gasteiger partial charge on any atom is 0.259 e. The Balaban J connectivity index is 1.87. The summed E-state index contributed by atoms with van der Waals surface area (Å²) in [5.41, 5.74) is 3.04. The number of H-pyrrole nitrogens is 1. The van der Waals surface area contributed by atoms with Crippen LogP contribution in [-0.2, 0) is 24.0 Å². The van der Waals surface area contributed by atoms with Gasteiger partial charge in [-0.1, -0.05) is 18.2 Å². The quantitative estimate of drug-likeness (QED) is 0.304. The van der Waals surface area contributed by atoms with Crippen LogP contribution in [0.5, 0.6) is 5.75 Å². The van der Waals surface area contributed by atoms with Crippen molar-refractivity contribution in [2.45, 2.75) is 18.1 Å². The van der Waals surface area contributed by atoms with Crippen molar-refractivity contribution in [1.82, 2.24) is 9.97 Å². The van der Waals surface area contributed by atoms with Crippen LogP contribution in [0.3, 0.4) is 0 Å². The number of benzene rings is 3. The number of aliphatic hydroxyl groups excluding tert-OH is 3. The molecule has 34 heavy (non-hydrogen) atoms. The zero-order valence-corrected chi connectivity index (χ0v) is 19.3. The van der Waals surface area contributed by atoms with Gasteiger partial charge < -0.3 is 25.0 Å². The summed E-state index contributed by atoms with van der Waals surface area (Å²) in [5.74, 6) is 0.856. The summed E-state index contributed by atoms with van der Waals surface area (Å²) in [5, 5.41) is 28.7. The smallest absolute Gasteiger partial charge is 0.259 e. The van der Waals surface area contributed by atoms with E-state index in [0.717, 1.165) is 5.56 Å². The first-order valence-corrected chi connectivity index (χ1v) is 12.1. The van der Waals surface area contributed by atoms with Crippen LogP contribution in [0, 0.1) is 0 Å². The molecule has 0 aliphatic rings. The number of aromatic nitrogens is 2. The Morgan fingerprint density at radius 1 is 0.971 bits per heavy atom. The number of nitrogens with zero attached hydrogens (tertiary/aromatic N) is 1. The van der Waals surface area contributed by atoms with Gasteiger partial charge in [-0.2, -0.15) is 0 Å². The lowest BCUT2D eigenvalue weighted by molar-refractivity contribution is 0.202. The summed E-state index contributed by atoms with van der Waals surface area (Å²) < 4.78 is 17.5. The number of fused-ring (bicyclic) bond motifs is 1. The molecule has 8 nitrogen and oxygen atoms in total. The van der Waals surface area contributed by atoms with Crippen LogP contribution in [0.25, 0.3) is 33.4 Å². The van der Waals surface area contributed by atoms with Crippen LogP contribution in [0.1, 0.15) is 11.1 Å². The van der Waals surface area contributed by atoms with Crippen LogP contribution >= 0.6 is 0 Å². The highest BCUT2D eigenvalue weighted by Crippen LogP contribution is 2.34. The maximum absolute atomic E-state index is 12.9. The minimum atomic E-state index is -1.11. The molecule has 0 saturated heterocycles. The minimum Gasteiger partial charge on any atom is -0.491 e. The lowest BCUT2D eigenvalue weighted by atomic mass is 10.0. The van der Waals surface area contributed by atoms with Crippen molar-refractivity contribution in [1.29, 1.82) is 0 Å². The summed E-state index contributed by atoms with van der Waals surface area (Å²) >= 11 is 0. The molecule has 0 saturated carbocycles. The first-order chi connectivity index (χ1) is 16.4. The third-order valence-electron chi connectivity index (χ3n) is 5.40. The van der Waals surface area contributed by atoms with Crippen molar-refractivity contribution < 1.29 is 24.3 Å². The molecule has 0 bridgehead atoms. The number of aliphatic hydroxyl groups is 3. The molecule has 4 rings (SSSR count). The zero-order valence-electron chi connectivity index (χ0n) is 18.4. The molecule has 176 valence electrons. The van der Waals surface area contributed by atoms with Crippen molar-refractivity contribution in [3.63, 3.8) is 0 Å². The summed E-state index contributed by atoms with van der Waals surface area (Å²) in [6, 6.07) is 15.7. The third-order valence-corrected chi connectivity index (χ3v) is 6.34. The summed E-state index contributed by atoms with van der Waals surface area (Å²) in [6.45, 7) is -0.627. The van der Waals surface area contributed by atoms with E-state index in [1.807, 2.05) is 18.2 Å². The highest BCUT2D eigenvalue weighted by Gasteiger charge is 2.14. The first-order valence-electron chi connectivity index (χ1n) is 10.5. The van der Waals surface area contributed by atoms with Crippen LogP contribution in [-0.4, -0.2) is 49.0 Å². The van der Waals surface area contributed by atoms with Gasteiger partial charge in [0.25, 0.3) is 5.56 Å². The minimum absolute atomic E-state index is 0.113. The van der Waals surface area contributed by atoms with Crippen molar-refractivity contribution in [3.05, 3.63) is 76.1 Å². The molecule has 4 aromatic rings. The molecule has 1 unspecified atom stereocenters. The monoisotopic (exact) mass is 480 g/mol. The second-order valence-corrected chi connectivity index (χ2v) is 9.02. The largest absolute Gasteiger partial charge is 0.491 e. The molecule has 1 atom stereocenters. The normalized spacial score (nSPS) is 12.1. The van der Waals surface area contributed by atoms with E-state index in [9.17, 15) is 24.3 Å². The topological polar surface area (TPSA) is 133 Å². The van der Waals surface area contributed by atoms with Crippen LogP contribution in [0.4, 0.5) is 0 Å². The Morgan fingerprint density at radius 3 is 2.35 bits per heavy atom. The van der Waals surface area contributed by atoms with E-state index >= 15 is 0 Å². The van der Waals surface area contributed by atoms with Crippen LogP contribution in [0.2, 0.25) is 0 Å². The molecular formula is C25H24N2O6S. The average Bonchev–Trinajstić information content (AvgIpc) is 2.86. The molecular weight excluding hydrogens is 456 g/mol. The van der Waals surface area contributed by atoms with E-state index in [0.29, 0.717) is 44.2 Å². The SMILES string of the molecule is CS(=O)c1ccc(-c2cc(-c3nc4cc(CO)cc(CO)c4c(=O)[nH]3)ccc2OCCO)cc1. The second kappa shape index (κ2) is 10.3. The van der Waals surface area contributed by atoms with E-state index in [4.69, 9.17) is 4.74 Å². The molecule has 0 spiro atoms. The number of ether oxygens (including phenoxy) is 1. The van der Waals surface area contributed by atoms with Gasteiger partial charge in [-0.15, -0.1) is 0 Å². The molecule has 0 aliphatic carbocycles. The summed E-state index contributed by atoms with van der Waals surface area (Å²) in [4.78, 5) is 20.9. The Hall–Kier alpha value is -3.37. The molecule has 0 fully saturated rings. The fraction of sp³-hybridized carbons (Fsp3) is 0.200. The Bertz CT molecular complexity index is 1420. The number of nitrogens with one attached hydrogen (secondary N) is 1. The van der Waals surface area contributed by atoms with Crippen LogP contribution < -0.4 is 10.3 Å². The van der Waals surface area contributed by atoms with E-state index in [2.05, 4.69) is 9.97 Å². The first kappa shape index (κ1) is 23.8. The van der Waals surface area contributed by atoms with E-state index in [1.165, 1.54) is 0 Å². The number of hydrogen-bond donors (Lipinski definition) is 4. The van der Waals surface area contributed by atoms with Gasteiger partial charge in [0.15, 0.2) is 0 Å². The van der Waals surface area contributed by atoms with E-state index in [-0.39, 0.29) is 31.8 Å². The van der Waals surface area contributed by atoms with Crippen molar-refractivity contribution in [2.24, 2.45) is 0 Å². The van der Waals surface area contributed by atoms with Gasteiger partial charge in [0.05, 0.1) is 30.7 Å². The Kier molecular flexibility index (Phi) is 7.18. The van der Waals surface area contributed by atoms with Gasteiger partial charge >= 0.3 is 0 Å². The van der Waals surface area contributed by atoms with Crippen molar-refractivity contribution in [2.75, 3.05) is 19.5 Å². The molecule has 1 aromatic heterocycles. The lowest BCUT2D eigenvalue weighted by Gasteiger charge is -2.14. The third kappa shape index (κ3) is 4.78. The van der Waals surface area contributed by atoms with Crippen LogP contribution in [0.15, 0.2) is 64.3 Å². The summed E-state index contributed by atoms with van der Waals surface area (Å²) in [6.07, 6.45) is 1.61. The van der Waals surface area contributed by atoms with Gasteiger partial charge in [0, 0.05) is 33.1 Å². The van der Waals surface area contributed by atoms with Gasteiger partial charge in [-0.3, -0.25) is 9.00 Å². The predicted molar refractivity (Wildman–Crippen MR) is 130 cm³/mol. The molecule has 4 N–H and O–H groups in total. The zero-order chi connectivity index (χ0) is 24.2. The number of hydrogen-bond acceptors (Lipinski definition) is 7. The summed E-state index contributed by atoms with van der Waals surface area (Å²) in [7, 11) is -1.11. The number of rotatable bonds is 8. The second-order valence-electron chi connectivity index (χ2n) is 7.64. The number of aromatic amines is 1. The Morgan fingerprint density at radius 2 is 1.71 bits per heavy atom. The van der Waals surface area contributed by atoms with E-state index in [1.54, 1.807) is 42.7 Å². The van der Waals surface area contributed by atoms with Gasteiger partial charge in [-0.05, 0) is 53.1 Å². The molecule has 0 radical (unpaired) electrons. The van der Waals surface area contributed by atoms with Crippen molar-refractivity contribution >= 4 is 21.7 Å². The van der Waals surface area contributed by atoms with Gasteiger partial charge in [0.1, 0.15) is 18.2 Å². The standard InChI is InChI=1S/C25H24N2O6S/c1-34(32)19-5-2-16(3-6-19)20-12-17(4-7-22(20)33-9-8-28)24-26-21-11-15(13-29)10-18(14-30)23(21)25(31)27-24/h2-7,10-12,28-30H,8-9,13-14H2,1H3,(H,26,27,31). The molecule has 3 aromatic carbocycles. The van der Waals surface area contributed by atoms with Crippen molar-refractivity contribution in [3.8, 4) is 28.3 Å². The average molecular weight is 481 g/mol. The molecule has 0 aliphatic heterocycles.